The zero-order valence-electron chi connectivity index (χ0n) is 17.8. The van der Waals surface area contributed by atoms with E-state index in [1.54, 1.807) is 0 Å². The van der Waals surface area contributed by atoms with Gasteiger partial charge in [0, 0.05) is 17.9 Å². The summed E-state index contributed by atoms with van der Waals surface area (Å²) in [7, 11) is 0. The van der Waals surface area contributed by atoms with Gasteiger partial charge in [-0.25, -0.2) is 9.59 Å². The second-order valence-electron chi connectivity index (χ2n) is 8.28. The summed E-state index contributed by atoms with van der Waals surface area (Å²) in [5, 5.41) is 11.7. The third-order valence-electron chi connectivity index (χ3n) is 5.91. The Hall–Kier alpha value is -2.86. The lowest BCUT2D eigenvalue weighted by molar-refractivity contribution is -0.144. The second kappa shape index (κ2) is 11.5. The first-order valence-corrected chi connectivity index (χ1v) is 10.9. The van der Waals surface area contributed by atoms with Gasteiger partial charge in [0.25, 0.3) is 0 Å². The number of carbonyl (C=O) groups is 2. The normalized spacial score (nSPS) is 15.4. The number of hydrogen-bond acceptors (Lipinski definition) is 4. The highest BCUT2D eigenvalue weighted by molar-refractivity contribution is 5.68. The number of aliphatic carboxylic acids is 1. The Morgan fingerprint density at radius 3 is 2.03 bits per heavy atom. The maximum absolute atomic E-state index is 12.5. The van der Waals surface area contributed by atoms with Crippen molar-refractivity contribution in [2.45, 2.75) is 38.0 Å². The van der Waals surface area contributed by atoms with Gasteiger partial charge in [-0.1, -0.05) is 79.9 Å². The molecule has 1 aliphatic rings. The number of alkyl carbamates (subject to hydrolysis) is 1. The van der Waals surface area contributed by atoms with E-state index < -0.39 is 12.1 Å². The van der Waals surface area contributed by atoms with Crippen LogP contribution in [0.15, 0.2) is 60.7 Å². The van der Waals surface area contributed by atoms with E-state index in [1.807, 2.05) is 36.4 Å². The van der Waals surface area contributed by atoms with Crippen molar-refractivity contribution in [3.8, 4) is 0 Å². The van der Waals surface area contributed by atoms with Crippen LogP contribution in [0, 0.1) is 5.41 Å². The summed E-state index contributed by atoms with van der Waals surface area (Å²) >= 11 is 0. The first-order valence-electron chi connectivity index (χ1n) is 10.9. The maximum atomic E-state index is 12.5. The largest absolute Gasteiger partial charge is 0.480 e. The van der Waals surface area contributed by atoms with Gasteiger partial charge < -0.3 is 19.9 Å². The Kier molecular flexibility index (Phi) is 8.47. The minimum atomic E-state index is -0.988. The summed E-state index contributed by atoms with van der Waals surface area (Å²) in [5.41, 5.74) is 1.95. The second-order valence-corrected chi connectivity index (χ2v) is 8.28. The van der Waals surface area contributed by atoms with E-state index in [0.717, 1.165) is 43.2 Å². The Morgan fingerprint density at radius 2 is 1.48 bits per heavy atom. The smallest absolute Gasteiger partial charge is 0.407 e. The fourth-order valence-electron chi connectivity index (χ4n) is 4.24. The molecule has 2 aromatic rings. The summed E-state index contributed by atoms with van der Waals surface area (Å²) in [6.07, 6.45) is 4.49. The predicted molar refractivity (Wildman–Crippen MR) is 118 cm³/mol. The maximum Gasteiger partial charge on any atom is 0.407 e. The molecule has 2 aromatic carbocycles. The molecule has 6 heteroatoms. The molecule has 0 radical (unpaired) electrons. The molecule has 3 rings (SSSR count). The number of hydrogen-bond donors (Lipinski definition) is 2. The van der Waals surface area contributed by atoms with Crippen LogP contribution in [-0.4, -0.2) is 43.5 Å². The van der Waals surface area contributed by atoms with Crippen LogP contribution in [0.25, 0.3) is 0 Å². The summed E-state index contributed by atoms with van der Waals surface area (Å²) in [5.74, 6) is -0.963. The number of carbonyl (C=O) groups excluding carboxylic acids is 1. The van der Waals surface area contributed by atoms with Crippen LogP contribution in [0.4, 0.5) is 4.79 Å². The molecule has 0 aromatic heterocycles. The summed E-state index contributed by atoms with van der Waals surface area (Å²) in [6, 6.07) is 20.2. The van der Waals surface area contributed by atoms with Gasteiger partial charge in [0.05, 0.1) is 6.61 Å². The molecule has 0 bridgehead atoms. The SMILES string of the molecule is O=C(O)COCC1(COC(=O)NCC(c2ccccc2)c2ccccc2)CCCCC1. The van der Waals surface area contributed by atoms with E-state index in [1.165, 1.54) is 0 Å². The highest BCUT2D eigenvalue weighted by Crippen LogP contribution is 2.37. The monoisotopic (exact) mass is 425 g/mol. The van der Waals surface area contributed by atoms with Crippen molar-refractivity contribution in [1.29, 1.82) is 0 Å². The molecule has 0 aliphatic heterocycles. The van der Waals surface area contributed by atoms with Crippen LogP contribution >= 0.6 is 0 Å². The van der Waals surface area contributed by atoms with Gasteiger partial charge in [0.1, 0.15) is 13.2 Å². The quantitative estimate of drug-likeness (QED) is 0.581. The van der Waals surface area contributed by atoms with E-state index in [9.17, 15) is 9.59 Å². The number of carboxylic acid groups (broad SMARTS) is 1. The number of amides is 1. The lowest BCUT2D eigenvalue weighted by Gasteiger charge is -2.36. The molecular weight excluding hydrogens is 394 g/mol. The van der Waals surface area contributed by atoms with Gasteiger partial charge in [0.2, 0.25) is 0 Å². The fraction of sp³-hybridized carbons (Fsp3) is 0.440. The number of nitrogens with one attached hydrogen (secondary N) is 1. The Morgan fingerprint density at radius 1 is 0.903 bits per heavy atom. The van der Waals surface area contributed by atoms with Gasteiger partial charge in [-0.3, -0.25) is 0 Å². The topological polar surface area (TPSA) is 84.9 Å². The zero-order chi connectivity index (χ0) is 21.9. The minimum Gasteiger partial charge on any atom is -0.480 e. The highest BCUT2D eigenvalue weighted by Gasteiger charge is 2.34. The Balaban J connectivity index is 1.57. The van der Waals surface area contributed by atoms with Gasteiger partial charge in [0.15, 0.2) is 0 Å². The molecule has 166 valence electrons. The van der Waals surface area contributed by atoms with Crippen molar-refractivity contribution < 1.29 is 24.2 Å². The minimum absolute atomic E-state index is 0.0255. The van der Waals surface area contributed by atoms with Crippen molar-refractivity contribution in [1.82, 2.24) is 5.32 Å². The van der Waals surface area contributed by atoms with E-state index in [4.69, 9.17) is 14.6 Å². The number of carboxylic acids is 1. The molecule has 31 heavy (non-hydrogen) atoms. The molecule has 6 nitrogen and oxygen atoms in total. The molecular formula is C25H31NO5. The number of benzene rings is 2. The average molecular weight is 426 g/mol. The molecule has 1 aliphatic carbocycles. The van der Waals surface area contributed by atoms with Crippen LogP contribution in [0.3, 0.4) is 0 Å². The Labute approximate surface area is 183 Å². The zero-order valence-corrected chi connectivity index (χ0v) is 17.8. The number of rotatable bonds is 10. The van der Waals surface area contributed by atoms with Crippen LogP contribution in [0.1, 0.15) is 49.1 Å². The van der Waals surface area contributed by atoms with Gasteiger partial charge in [-0.15, -0.1) is 0 Å². The first-order chi connectivity index (χ1) is 15.1. The van der Waals surface area contributed by atoms with Gasteiger partial charge in [-0.2, -0.15) is 0 Å². The standard InChI is InChI=1S/C25H31NO5/c27-23(28)17-30-18-25(14-8-3-9-15-25)19-31-24(29)26-16-22(20-10-4-1-5-11-20)21-12-6-2-7-13-21/h1-2,4-7,10-13,22H,3,8-9,14-19H2,(H,26,29)(H,27,28). The number of ether oxygens (including phenoxy) is 2. The van der Waals surface area contributed by atoms with Crippen LogP contribution in [0.2, 0.25) is 0 Å². The van der Waals surface area contributed by atoms with E-state index in [-0.39, 0.29) is 24.5 Å². The fourth-order valence-corrected chi connectivity index (χ4v) is 4.24. The lowest BCUT2D eigenvalue weighted by Crippen LogP contribution is -2.38. The summed E-state index contributed by atoms with van der Waals surface area (Å²) < 4.78 is 11.0. The molecule has 0 spiro atoms. The predicted octanol–water partition coefficient (Wildman–Crippen LogP) is 4.60. The van der Waals surface area contributed by atoms with E-state index in [2.05, 4.69) is 29.6 Å². The van der Waals surface area contributed by atoms with Crippen LogP contribution in [-0.2, 0) is 14.3 Å². The molecule has 1 amide bonds. The van der Waals surface area contributed by atoms with E-state index in [0.29, 0.717) is 13.2 Å². The van der Waals surface area contributed by atoms with Gasteiger partial charge >= 0.3 is 12.1 Å². The van der Waals surface area contributed by atoms with E-state index >= 15 is 0 Å². The van der Waals surface area contributed by atoms with Crippen LogP contribution in [0.5, 0.6) is 0 Å². The van der Waals surface area contributed by atoms with Gasteiger partial charge in [-0.05, 0) is 24.0 Å². The molecule has 1 fully saturated rings. The molecule has 1 saturated carbocycles. The molecule has 0 heterocycles. The molecule has 0 unspecified atom stereocenters. The van der Waals surface area contributed by atoms with Crippen LogP contribution < -0.4 is 5.32 Å². The van der Waals surface area contributed by atoms with Crippen molar-refractivity contribution >= 4 is 12.1 Å². The highest BCUT2D eigenvalue weighted by atomic mass is 16.6. The van der Waals surface area contributed by atoms with Crippen molar-refractivity contribution in [2.24, 2.45) is 5.41 Å². The van der Waals surface area contributed by atoms with Crippen molar-refractivity contribution in [2.75, 3.05) is 26.4 Å². The average Bonchev–Trinajstić information content (AvgIpc) is 2.80. The lowest BCUT2D eigenvalue weighted by atomic mass is 9.75. The summed E-state index contributed by atoms with van der Waals surface area (Å²) in [6.45, 7) is 0.627. The molecule has 0 saturated heterocycles. The third-order valence-corrected chi connectivity index (χ3v) is 5.91. The summed E-state index contributed by atoms with van der Waals surface area (Å²) in [4.78, 5) is 23.3. The molecule has 0 atom stereocenters. The first kappa shape index (κ1) is 22.8. The third kappa shape index (κ3) is 7.10. The van der Waals surface area contributed by atoms with Crippen molar-refractivity contribution in [3.63, 3.8) is 0 Å². The van der Waals surface area contributed by atoms with Crippen molar-refractivity contribution in [3.05, 3.63) is 71.8 Å². The molecule has 2 N–H and O–H groups in total. The Bertz CT molecular complexity index is 779.